The van der Waals surface area contributed by atoms with Crippen LogP contribution in [-0.4, -0.2) is 38.5 Å². The van der Waals surface area contributed by atoms with Crippen molar-refractivity contribution in [2.45, 2.75) is 37.8 Å². The fourth-order valence-electron chi connectivity index (χ4n) is 4.94. The molecule has 1 unspecified atom stereocenters. The first-order valence-electron chi connectivity index (χ1n) is 12.3. The number of alkyl halides is 3. The van der Waals surface area contributed by atoms with Crippen molar-refractivity contribution in [1.82, 2.24) is 19.5 Å². The van der Waals surface area contributed by atoms with E-state index in [1.165, 1.54) is 12.1 Å². The largest absolute Gasteiger partial charge is 0.416 e. The first-order chi connectivity index (χ1) is 17.7. The van der Waals surface area contributed by atoms with Crippen LogP contribution in [-0.2, 0) is 16.4 Å². The van der Waals surface area contributed by atoms with E-state index in [2.05, 4.69) is 29.8 Å². The summed E-state index contributed by atoms with van der Waals surface area (Å²) in [6.07, 6.45) is 5.51. The number of aromatic nitrogens is 3. The molecule has 0 N–H and O–H groups in total. The van der Waals surface area contributed by atoms with E-state index in [0.717, 1.165) is 36.4 Å². The van der Waals surface area contributed by atoms with Crippen molar-refractivity contribution in [3.05, 3.63) is 103 Å². The third kappa shape index (κ3) is 5.24. The number of carbonyl (C=O) groups is 1. The molecule has 5 rings (SSSR count). The molecule has 1 amide bonds. The fourth-order valence-corrected chi connectivity index (χ4v) is 4.94. The van der Waals surface area contributed by atoms with Crippen LogP contribution in [0.2, 0.25) is 0 Å². The molecule has 4 aromatic rings. The summed E-state index contributed by atoms with van der Waals surface area (Å²) in [4.78, 5) is 18.5. The Morgan fingerprint density at radius 2 is 1.78 bits per heavy atom. The van der Waals surface area contributed by atoms with Crippen molar-refractivity contribution in [2.75, 3.05) is 13.1 Å². The number of nitrogens with zero attached hydrogens (tertiary/aromatic N) is 4. The van der Waals surface area contributed by atoms with Gasteiger partial charge in [-0.15, -0.1) is 0 Å². The molecule has 0 spiro atoms. The zero-order chi connectivity index (χ0) is 26.0. The molecular weight excluding hydrogens is 477 g/mol. The molecule has 1 atom stereocenters. The average Bonchev–Trinajstić information content (AvgIpc) is 3.50. The number of carbonyl (C=O) groups excluding carboxylic acids is 1. The Morgan fingerprint density at radius 3 is 2.46 bits per heavy atom. The number of hydrogen-bond donors (Lipinski definition) is 0. The van der Waals surface area contributed by atoms with E-state index in [0.29, 0.717) is 36.2 Å². The third-order valence-electron chi connectivity index (χ3n) is 6.88. The van der Waals surface area contributed by atoms with Crippen LogP contribution in [0.15, 0.2) is 73.1 Å². The van der Waals surface area contributed by atoms with Crippen LogP contribution < -0.4 is 0 Å². The number of halogens is 3. The second kappa shape index (κ2) is 10.00. The molecule has 2 aromatic carbocycles. The smallest absolute Gasteiger partial charge is 0.343 e. The monoisotopic (exact) mass is 504 g/mol. The lowest BCUT2D eigenvalue weighted by molar-refractivity contribution is -0.137. The zero-order valence-electron chi connectivity index (χ0n) is 20.4. The fraction of sp³-hybridized carbons (Fsp3) is 0.276. The van der Waals surface area contributed by atoms with Crippen LogP contribution in [0.4, 0.5) is 13.2 Å². The van der Waals surface area contributed by atoms with Gasteiger partial charge in [0.15, 0.2) is 5.65 Å². The van der Waals surface area contributed by atoms with Crippen molar-refractivity contribution in [2.24, 2.45) is 0 Å². The molecule has 5 nitrogen and oxygen atoms in total. The lowest BCUT2D eigenvalue weighted by Gasteiger charge is -2.31. The zero-order valence-corrected chi connectivity index (χ0v) is 20.4. The molecule has 0 bridgehead atoms. The molecular formula is C29H27F3N4O. The second-order valence-electron chi connectivity index (χ2n) is 9.51. The summed E-state index contributed by atoms with van der Waals surface area (Å²) in [5, 5.41) is 4.60. The summed E-state index contributed by atoms with van der Waals surface area (Å²) >= 11 is 0. The SMILES string of the molecule is CC([CH]CCN1CCCC1=O)([CH]c1ccccc1)c1ccnc2c(-c3ccc(C(F)(F)F)cc3)cnn12. The highest BCUT2D eigenvalue weighted by Crippen LogP contribution is 2.36. The van der Waals surface area contributed by atoms with Gasteiger partial charge in [-0.25, -0.2) is 9.50 Å². The highest BCUT2D eigenvalue weighted by atomic mass is 19.4. The van der Waals surface area contributed by atoms with Gasteiger partial charge in [0, 0.05) is 43.1 Å². The first kappa shape index (κ1) is 25.0. The Bertz CT molecular complexity index is 1380. The summed E-state index contributed by atoms with van der Waals surface area (Å²) in [6.45, 7) is 3.54. The maximum absolute atomic E-state index is 13.0. The lowest BCUT2D eigenvalue weighted by atomic mass is 9.76. The second-order valence-corrected chi connectivity index (χ2v) is 9.51. The van der Waals surface area contributed by atoms with Gasteiger partial charge in [0.2, 0.25) is 5.91 Å². The minimum Gasteiger partial charge on any atom is -0.343 e. The standard InChI is InChI=1S/C29H27F3N4O/c1-28(19-21-7-3-2-4-8-21,15-6-18-35-17-5-9-26(35)37)25-14-16-33-27-24(20-34-36(25)27)22-10-12-23(13-11-22)29(30,31)32/h2-4,7-8,10-16,19-20H,5-6,9,17-18H2,1H3. The molecule has 2 radical (unpaired) electrons. The summed E-state index contributed by atoms with van der Waals surface area (Å²) < 4.78 is 40.9. The van der Waals surface area contributed by atoms with Gasteiger partial charge < -0.3 is 4.90 Å². The van der Waals surface area contributed by atoms with E-state index in [-0.39, 0.29) is 5.91 Å². The molecule has 1 aliphatic rings. The number of fused-ring (bicyclic) bond motifs is 1. The van der Waals surface area contributed by atoms with Gasteiger partial charge in [0.25, 0.3) is 0 Å². The molecule has 3 heterocycles. The normalized spacial score (nSPS) is 15.9. The Hall–Kier alpha value is -3.68. The van der Waals surface area contributed by atoms with Crippen molar-refractivity contribution in [1.29, 1.82) is 0 Å². The van der Waals surface area contributed by atoms with E-state index < -0.39 is 17.2 Å². The summed E-state index contributed by atoms with van der Waals surface area (Å²) in [5.41, 5.74) is 2.48. The Labute approximate surface area is 213 Å². The number of rotatable bonds is 8. The van der Waals surface area contributed by atoms with Crippen LogP contribution in [0.5, 0.6) is 0 Å². The van der Waals surface area contributed by atoms with Crippen LogP contribution >= 0.6 is 0 Å². The van der Waals surface area contributed by atoms with E-state index in [4.69, 9.17) is 0 Å². The van der Waals surface area contributed by atoms with Gasteiger partial charge in [-0.05, 0) is 48.6 Å². The number of likely N-dealkylation sites (tertiary alicyclic amines) is 1. The highest BCUT2D eigenvalue weighted by Gasteiger charge is 2.33. The van der Waals surface area contributed by atoms with Crippen molar-refractivity contribution < 1.29 is 18.0 Å². The van der Waals surface area contributed by atoms with Crippen molar-refractivity contribution in [3.63, 3.8) is 0 Å². The van der Waals surface area contributed by atoms with E-state index in [9.17, 15) is 18.0 Å². The molecule has 1 saturated heterocycles. The molecule has 1 fully saturated rings. The summed E-state index contributed by atoms with van der Waals surface area (Å²) in [6, 6.07) is 16.9. The molecule has 8 heteroatoms. The van der Waals surface area contributed by atoms with Gasteiger partial charge in [-0.1, -0.05) is 49.4 Å². The Balaban J connectivity index is 1.49. The molecule has 0 aliphatic carbocycles. The van der Waals surface area contributed by atoms with Crippen LogP contribution in [0.3, 0.4) is 0 Å². The number of hydrogen-bond acceptors (Lipinski definition) is 3. The van der Waals surface area contributed by atoms with E-state index in [1.54, 1.807) is 16.9 Å². The van der Waals surface area contributed by atoms with Crippen LogP contribution in [0, 0.1) is 12.8 Å². The summed E-state index contributed by atoms with van der Waals surface area (Å²) in [7, 11) is 0. The minimum absolute atomic E-state index is 0.196. The number of benzene rings is 2. The molecule has 37 heavy (non-hydrogen) atoms. The third-order valence-corrected chi connectivity index (χ3v) is 6.88. The predicted molar refractivity (Wildman–Crippen MR) is 135 cm³/mol. The van der Waals surface area contributed by atoms with Crippen LogP contribution in [0.25, 0.3) is 16.8 Å². The minimum atomic E-state index is -4.39. The highest BCUT2D eigenvalue weighted by molar-refractivity contribution is 5.78. The molecule has 0 saturated carbocycles. The molecule has 190 valence electrons. The Kier molecular flexibility index (Phi) is 6.75. The van der Waals surface area contributed by atoms with Gasteiger partial charge in [-0.2, -0.15) is 18.3 Å². The number of amides is 1. The van der Waals surface area contributed by atoms with Crippen LogP contribution in [0.1, 0.15) is 43.0 Å². The van der Waals surface area contributed by atoms with Crippen molar-refractivity contribution in [3.8, 4) is 11.1 Å². The predicted octanol–water partition coefficient (Wildman–Crippen LogP) is 6.14. The summed E-state index contributed by atoms with van der Waals surface area (Å²) in [5.74, 6) is 0.196. The van der Waals surface area contributed by atoms with E-state index >= 15 is 0 Å². The van der Waals surface area contributed by atoms with Gasteiger partial charge in [0.05, 0.1) is 17.5 Å². The van der Waals surface area contributed by atoms with Crippen molar-refractivity contribution >= 4 is 11.6 Å². The van der Waals surface area contributed by atoms with Gasteiger partial charge >= 0.3 is 6.18 Å². The molecule has 1 aliphatic heterocycles. The first-order valence-corrected chi connectivity index (χ1v) is 12.3. The average molecular weight is 505 g/mol. The molecule has 2 aromatic heterocycles. The quantitative estimate of drug-likeness (QED) is 0.290. The maximum Gasteiger partial charge on any atom is 0.416 e. The van der Waals surface area contributed by atoms with Gasteiger partial charge in [-0.3, -0.25) is 4.79 Å². The van der Waals surface area contributed by atoms with Gasteiger partial charge in [0.1, 0.15) is 0 Å². The Morgan fingerprint density at radius 1 is 1.03 bits per heavy atom. The topological polar surface area (TPSA) is 50.5 Å². The lowest BCUT2D eigenvalue weighted by Crippen LogP contribution is -2.31. The maximum atomic E-state index is 13.0. The van der Waals surface area contributed by atoms with E-state index in [1.807, 2.05) is 41.3 Å².